The second kappa shape index (κ2) is 14.8. The van der Waals surface area contributed by atoms with E-state index in [1.54, 1.807) is 13.8 Å². The van der Waals surface area contributed by atoms with Gasteiger partial charge < -0.3 is 31.7 Å². The van der Waals surface area contributed by atoms with Crippen molar-refractivity contribution in [1.82, 2.24) is 21.3 Å². The monoisotopic (exact) mass is 456 g/mol. The molecule has 0 aliphatic heterocycles. The Labute approximate surface area is 192 Å². The lowest BCUT2D eigenvalue weighted by Gasteiger charge is -2.32. The Balaban J connectivity index is 4.88. The Morgan fingerprint density at radius 2 is 1.31 bits per heavy atom. The number of carbonyl (C=O) groups is 2. The zero-order valence-corrected chi connectivity index (χ0v) is 20.8. The lowest BCUT2D eigenvalue weighted by molar-refractivity contribution is -0.122. The van der Waals surface area contributed by atoms with Gasteiger partial charge in [0.2, 0.25) is 11.8 Å². The van der Waals surface area contributed by atoms with Crippen molar-refractivity contribution in [2.45, 2.75) is 97.7 Å². The van der Waals surface area contributed by atoms with Gasteiger partial charge in [0.15, 0.2) is 0 Å². The van der Waals surface area contributed by atoms with Gasteiger partial charge in [-0.3, -0.25) is 9.59 Å². The van der Waals surface area contributed by atoms with Crippen LogP contribution in [0, 0.1) is 0 Å². The molecule has 0 fully saturated rings. The Kier molecular flexibility index (Phi) is 13.8. The van der Waals surface area contributed by atoms with Gasteiger partial charge in [-0.2, -0.15) is 0 Å². The highest BCUT2D eigenvalue weighted by Gasteiger charge is 2.26. The third kappa shape index (κ3) is 12.0. The van der Waals surface area contributed by atoms with Crippen molar-refractivity contribution in [3.05, 3.63) is 0 Å². The maximum atomic E-state index is 12.5. The molecular weight excluding hydrogens is 412 g/mol. The number of carbonyl (C=O) groups excluding carboxylic acids is 2. The molecule has 186 valence electrons. The summed E-state index contributed by atoms with van der Waals surface area (Å²) in [7, 11) is 0. The highest BCUT2D eigenvalue weighted by molar-refractivity contribution is 5.90. The largest absolute Gasteiger partial charge is 0.411 e. The number of nitrogens with zero attached hydrogens (tertiary/aromatic N) is 2. The van der Waals surface area contributed by atoms with Crippen molar-refractivity contribution in [3.8, 4) is 0 Å². The van der Waals surface area contributed by atoms with Crippen LogP contribution in [0.3, 0.4) is 0 Å². The van der Waals surface area contributed by atoms with Gasteiger partial charge in [-0.15, -0.1) is 0 Å². The molecule has 0 heterocycles. The molecule has 0 saturated heterocycles. The maximum Gasteiger partial charge on any atom is 0.220 e. The van der Waals surface area contributed by atoms with Crippen LogP contribution in [0.5, 0.6) is 0 Å². The molecule has 0 spiro atoms. The average molecular weight is 457 g/mol. The van der Waals surface area contributed by atoms with Gasteiger partial charge in [0.05, 0.1) is 28.5 Å². The second-order valence-corrected chi connectivity index (χ2v) is 9.20. The zero-order chi connectivity index (χ0) is 24.8. The number of oxime groups is 2. The molecule has 6 N–H and O–H groups in total. The molecule has 32 heavy (non-hydrogen) atoms. The third-order valence-electron chi connectivity index (χ3n) is 5.72. The summed E-state index contributed by atoms with van der Waals surface area (Å²) in [5.41, 5.74) is -0.0834. The Morgan fingerprint density at radius 3 is 1.75 bits per heavy atom. The Hall–Kier alpha value is -2.20. The van der Waals surface area contributed by atoms with Gasteiger partial charge in [-0.05, 0) is 54.4 Å². The minimum atomic E-state index is -0.563. The molecule has 0 atom stereocenters. The normalized spacial score (nSPS) is 13.4. The highest BCUT2D eigenvalue weighted by Crippen LogP contribution is 2.08. The van der Waals surface area contributed by atoms with E-state index in [-0.39, 0.29) is 24.3 Å². The minimum Gasteiger partial charge on any atom is -0.411 e. The molecule has 0 aliphatic carbocycles. The molecule has 0 unspecified atom stereocenters. The molecule has 0 aromatic heterocycles. The van der Waals surface area contributed by atoms with E-state index in [2.05, 4.69) is 38.5 Å². The number of nitrogens with one attached hydrogen (secondary N) is 4. The van der Waals surface area contributed by atoms with E-state index >= 15 is 0 Å². The average Bonchev–Trinajstić information content (AvgIpc) is 2.74. The SMILES string of the molecule is CCCCNC(=O)CCCC(=O)NC(CNC(C)(C)/C(C)=N/O)CNC(C)(C)/C(C)=N/O. The summed E-state index contributed by atoms with van der Waals surface area (Å²) < 4.78 is 0. The molecule has 10 nitrogen and oxygen atoms in total. The lowest BCUT2D eigenvalue weighted by Crippen LogP contribution is -2.57. The molecule has 0 rings (SSSR count). The van der Waals surface area contributed by atoms with Crippen LogP contribution in [-0.4, -0.2) is 70.4 Å². The first kappa shape index (κ1) is 29.8. The molecule has 0 bridgehead atoms. The predicted octanol–water partition coefficient (Wildman–Crippen LogP) is 1.99. The van der Waals surface area contributed by atoms with Gasteiger partial charge in [0.25, 0.3) is 0 Å². The Bertz CT molecular complexity index is 612. The number of hydrogen-bond donors (Lipinski definition) is 6. The fourth-order valence-electron chi connectivity index (χ4n) is 2.64. The maximum absolute atomic E-state index is 12.5. The molecule has 2 amide bonds. The summed E-state index contributed by atoms with van der Waals surface area (Å²) in [5.74, 6) is -0.178. The Morgan fingerprint density at radius 1 is 0.844 bits per heavy atom. The standard InChI is InChI=1S/C22H44N6O4/c1-8-9-13-23-19(29)11-10-12-20(30)26-18(14-24-21(4,5)16(2)27-31)15-25-22(6,7)17(3)28-32/h18,24-25,31-32H,8-15H2,1-7H3,(H,23,29)(H,26,30)/b27-16+,28-17+. The van der Waals surface area contributed by atoms with E-state index in [1.807, 2.05) is 27.7 Å². The van der Waals surface area contributed by atoms with E-state index in [1.165, 1.54) is 0 Å². The quantitative estimate of drug-likeness (QED) is 0.0906. The van der Waals surface area contributed by atoms with Crippen molar-refractivity contribution < 1.29 is 20.0 Å². The van der Waals surface area contributed by atoms with Crippen LogP contribution in [0.25, 0.3) is 0 Å². The van der Waals surface area contributed by atoms with Crippen molar-refractivity contribution in [2.24, 2.45) is 10.3 Å². The van der Waals surface area contributed by atoms with Crippen LogP contribution in [0.4, 0.5) is 0 Å². The first-order chi connectivity index (χ1) is 14.9. The molecule has 0 saturated carbocycles. The predicted molar refractivity (Wildman–Crippen MR) is 128 cm³/mol. The van der Waals surface area contributed by atoms with Crippen molar-refractivity contribution in [3.63, 3.8) is 0 Å². The third-order valence-corrected chi connectivity index (χ3v) is 5.72. The minimum absolute atomic E-state index is 0.0350. The van der Waals surface area contributed by atoms with Gasteiger partial charge in [-0.25, -0.2) is 0 Å². The van der Waals surface area contributed by atoms with E-state index in [0.29, 0.717) is 43.9 Å². The lowest BCUT2D eigenvalue weighted by atomic mass is 9.98. The van der Waals surface area contributed by atoms with Crippen LogP contribution in [0.15, 0.2) is 10.3 Å². The smallest absolute Gasteiger partial charge is 0.220 e. The topological polar surface area (TPSA) is 147 Å². The van der Waals surface area contributed by atoms with Gasteiger partial charge in [-0.1, -0.05) is 23.7 Å². The molecule has 0 aliphatic rings. The summed E-state index contributed by atoms with van der Waals surface area (Å²) in [6, 6.07) is -0.280. The number of unbranched alkanes of at least 4 members (excludes halogenated alkanes) is 1. The summed E-state index contributed by atoms with van der Waals surface area (Å²) in [4.78, 5) is 24.3. The van der Waals surface area contributed by atoms with Gasteiger partial charge >= 0.3 is 0 Å². The molecule has 10 heteroatoms. The number of hydrogen-bond acceptors (Lipinski definition) is 8. The summed E-state index contributed by atoms with van der Waals surface area (Å²) in [6.45, 7) is 14.5. The number of amides is 2. The van der Waals surface area contributed by atoms with Crippen LogP contribution >= 0.6 is 0 Å². The fourth-order valence-corrected chi connectivity index (χ4v) is 2.64. The second-order valence-electron chi connectivity index (χ2n) is 9.20. The summed E-state index contributed by atoms with van der Waals surface area (Å²) in [6.07, 6.45) is 3.00. The summed E-state index contributed by atoms with van der Waals surface area (Å²) in [5, 5.41) is 37.2. The highest BCUT2D eigenvalue weighted by atomic mass is 16.4. The molecule has 0 aromatic rings. The van der Waals surface area contributed by atoms with Crippen molar-refractivity contribution in [2.75, 3.05) is 19.6 Å². The number of rotatable bonds is 16. The van der Waals surface area contributed by atoms with E-state index in [0.717, 1.165) is 12.8 Å². The fraction of sp³-hybridized carbons (Fsp3) is 0.818. The van der Waals surface area contributed by atoms with Crippen molar-refractivity contribution in [1.29, 1.82) is 0 Å². The van der Waals surface area contributed by atoms with Crippen molar-refractivity contribution >= 4 is 23.2 Å². The molecule has 0 radical (unpaired) electrons. The van der Waals surface area contributed by atoms with Crippen LogP contribution in [0.2, 0.25) is 0 Å². The van der Waals surface area contributed by atoms with Gasteiger partial charge in [0.1, 0.15) is 0 Å². The first-order valence-electron chi connectivity index (χ1n) is 11.3. The van der Waals surface area contributed by atoms with E-state index in [4.69, 9.17) is 10.4 Å². The molecular formula is C22H44N6O4. The van der Waals surface area contributed by atoms with Gasteiger partial charge in [0, 0.05) is 32.5 Å². The van der Waals surface area contributed by atoms with Crippen LogP contribution < -0.4 is 21.3 Å². The van der Waals surface area contributed by atoms with E-state index in [9.17, 15) is 9.59 Å². The molecule has 0 aromatic carbocycles. The zero-order valence-electron chi connectivity index (χ0n) is 20.8. The van der Waals surface area contributed by atoms with E-state index < -0.39 is 11.1 Å². The first-order valence-corrected chi connectivity index (χ1v) is 11.3. The van der Waals surface area contributed by atoms with Crippen LogP contribution in [-0.2, 0) is 9.59 Å². The summed E-state index contributed by atoms with van der Waals surface area (Å²) >= 11 is 0. The van der Waals surface area contributed by atoms with Crippen LogP contribution in [0.1, 0.15) is 80.6 Å².